The highest BCUT2D eigenvalue weighted by atomic mass is 35.5. The van der Waals surface area contributed by atoms with Crippen molar-refractivity contribution in [3.05, 3.63) is 41.2 Å². The van der Waals surface area contributed by atoms with Gasteiger partial charge < -0.3 is 10.0 Å². The maximum Gasteiger partial charge on any atom is 0.276 e. The number of para-hydroxylation sites is 1. The SMILES string of the molecule is C[C@@H](O)CN1CCN(C(=O)c2cn(-c3ccccc3Cl)nn2)CC1. The molecule has 24 heavy (non-hydrogen) atoms. The van der Waals surface area contributed by atoms with E-state index >= 15 is 0 Å². The van der Waals surface area contributed by atoms with Gasteiger partial charge in [0.15, 0.2) is 5.69 Å². The van der Waals surface area contributed by atoms with Crippen molar-refractivity contribution in [3.8, 4) is 5.69 Å². The Kier molecular flexibility index (Phi) is 5.13. The van der Waals surface area contributed by atoms with Crippen LogP contribution in [0.3, 0.4) is 0 Å². The summed E-state index contributed by atoms with van der Waals surface area (Å²) in [6, 6.07) is 7.27. The lowest BCUT2D eigenvalue weighted by Gasteiger charge is -2.34. The number of hydrogen-bond acceptors (Lipinski definition) is 5. The first-order valence-electron chi connectivity index (χ1n) is 7.91. The number of aliphatic hydroxyl groups is 1. The van der Waals surface area contributed by atoms with E-state index in [2.05, 4.69) is 15.2 Å². The van der Waals surface area contributed by atoms with Crippen LogP contribution in [0.2, 0.25) is 5.02 Å². The Hall–Kier alpha value is -1.96. The van der Waals surface area contributed by atoms with Gasteiger partial charge in [0.1, 0.15) is 0 Å². The second-order valence-electron chi connectivity index (χ2n) is 5.94. The third-order valence-corrected chi connectivity index (χ3v) is 4.31. The van der Waals surface area contributed by atoms with Crippen molar-refractivity contribution in [2.45, 2.75) is 13.0 Å². The molecule has 0 bridgehead atoms. The summed E-state index contributed by atoms with van der Waals surface area (Å²) in [5.41, 5.74) is 0.992. The smallest absolute Gasteiger partial charge is 0.276 e. The van der Waals surface area contributed by atoms with Gasteiger partial charge in [-0.2, -0.15) is 0 Å². The van der Waals surface area contributed by atoms with Crippen LogP contribution < -0.4 is 0 Å². The molecule has 2 aromatic rings. The number of piperazine rings is 1. The molecule has 3 rings (SSSR count). The number of carbonyl (C=O) groups is 1. The Morgan fingerprint density at radius 3 is 2.67 bits per heavy atom. The van der Waals surface area contributed by atoms with E-state index in [1.807, 2.05) is 18.2 Å². The monoisotopic (exact) mass is 349 g/mol. The summed E-state index contributed by atoms with van der Waals surface area (Å²) in [5, 5.41) is 18.0. The zero-order valence-corrected chi connectivity index (χ0v) is 14.2. The summed E-state index contributed by atoms with van der Waals surface area (Å²) < 4.78 is 1.51. The average molecular weight is 350 g/mol. The van der Waals surface area contributed by atoms with Crippen molar-refractivity contribution in [2.24, 2.45) is 0 Å². The van der Waals surface area contributed by atoms with Gasteiger partial charge in [-0.15, -0.1) is 5.10 Å². The quantitative estimate of drug-likeness (QED) is 0.893. The number of rotatable bonds is 4. The summed E-state index contributed by atoms with van der Waals surface area (Å²) in [6.45, 7) is 5.12. The largest absolute Gasteiger partial charge is 0.392 e. The van der Waals surface area contributed by atoms with Gasteiger partial charge >= 0.3 is 0 Å². The maximum absolute atomic E-state index is 12.6. The summed E-state index contributed by atoms with van der Waals surface area (Å²) in [4.78, 5) is 16.5. The van der Waals surface area contributed by atoms with Crippen LogP contribution >= 0.6 is 11.6 Å². The van der Waals surface area contributed by atoms with Crippen LogP contribution in [0.5, 0.6) is 0 Å². The van der Waals surface area contributed by atoms with Gasteiger partial charge in [-0.1, -0.05) is 28.9 Å². The molecule has 1 amide bonds. The van der Waals surface area contributed by atoms with Crippen LogP contribution in [0.15, 0.2) is 30.5 Å². The van der Waals surface area contributed by atoms with Crippen LogP contribution in [0.25, 0.3) is 5.69 Å². The van der Waals surface area contributed by atoms with Gasteiger partial charge in [0.2, 0.25) is 0 Å². The third kappa shape index (κ3) is 3.75. The van der Waals surface area contributed by atoms with Crippen molar-refractivity contribution in [1.29, 1.82) is 0 Å². The highest BCUT2D eigenvalue weighted by Gasteiger charge is 2.24. The molecule has 1 fully saturated rings. The molecular formula is C16H20ClN5O2. The summed E-state index contributed by atoms with van der Waals surface area (Å²) >= 11 is 6.14. The van der Waals surface area contributed by atoms with E-state index < -0.39 is 0 Å². The minimum absolute atomic E-state index is 0.134. The first-order valence-corrected chi connectivity index (χ1v) is 8.29. The number of aliphatic hydroxyl groups excluding tert-OH is 1. The molecule has 1 aliphatic rings. The van der Waals surface area contributed by atoms with Gasteiger partial charge in [-0.3, -0.25) is 9.69 Å². The van der Waals surface area contributed by atoms with E-state index in [9.17, 15) is 9.90 Å². The molecule has 1 aromatic carbocycles. The van der Waals surface area contributed by atoms with Gasteiger partial charge in [-0.25, -0.2) is 4.68 Å². The van der Waals surface area contributed by atoms with Gasteiger partial charge in [0.25, 0.3) is 5.91 Å². The second kappa shape index (κ2) is 7.29. The fourth-order valence-electron chi connectivity index (χ4n) is 2.79. The fourth-order valence-corrected chi connectivity index (χ4v) is 3.01. The summed E-state index contributed by atoms with van der Waals surface area (Å²) in [5.74, 6) is -0.134. The summed E-state index contributed by atoms with van der Waals surface area (Å²) in [6.07, 6.45) is 1.24. The van der Waals surface area contributed by atoms with Crippen LogP contribution in [0, 0.1) is 0 Å². The van der Waals surface area contributed by atoms with Crippen molar-refractivity contribution in [1.82, 2.24) is 24.8 Å². The predicted molar refractivity (Wildman–Crippen MR) is 90.4 cm³/mol. The Labute approximate surface area is 145 Å². The zero-order chi connectivity index (χ0) is 17.1. The minimum atomic E-state index is -0.359. The third-order valence-electron chi connectivity index (χ3n) is 3.99. The van der Waals surface area contributed by atoms with Crippen LogP contribution in [-0.4, -0.2) is 74.6 Å². The first kappa shape index (κ1) is 16.9. The Morgan fingerprint density at radius 2 is 2.00 bits per heavy atom. The van der Waals surface area contributed by atoms with E-state index in [1.165, 1.54) is 4.68 Å². The highest BCUT2D eigenvalue weighted by molar-refractivity contribution is 6.32. The van der Waals surface area contributed by atoms with Crippen LogP contribution in [0.4, 0.5) is 0 Å². The number of hydrogen-bond donors (Lipinski definition) is 1. The minimum Gasteiger partial charge on any atom is -0.392 e. The number of carbonyl (C=O) groups excluding carboxylic acids is 1. The Morgan fingerprint density at radius 1 is 1.29 bits per heavy atom. The van der Waals surface area contributed by atoms with Crippen molar-refractivity contribution < 1.29 is 9.90 Å². The molecule has 0 aliphatic carbocycles. The average Bonchev–Trinajstić information content (AvgIpc) is 3.04. The Bertz CT molecular complexity index is 710. The van der Waals surface area contributed by atoms with Crippen molar-refractivity contribution >= 4 is 17.5 Å². The topological polar surface area (TPSA) is 74.5 Å². The molecule has 7 nitrogen and oxygen atoms in total. The van der Waals surface area contributed by atoms with Gasteiger partial charge in [0, 0.05) is 32.7 Å². The van der Waals surface area contributed by atoms with E-state index in [0.29, 0.717) is 36.0 Å². The van der Waals surface area contributed by atoms with Gasteiger partial charge in [0.05, 0.1) is 23.0 Å². The maximum atomic E-state index is 12.6. The number of amides is 1. The molecule has 1 N–H and O–H groups in total. The molecule has 1 aliphatic heterocycles. The van der Waals surface area contributed by atoms with Crippen molar-refractivity contribution in [3.63, 3.8) is 0 Å². The first-order chi connectivity index (χ1) is 11.5. The molecule has 2 heterocycles. The lowest BCUT2D eigenvalue weighted by Crippen LogP contribution is -2.50. The van der Waals surface area contributed by atoms with E-state index in [1.54, 1.807) is 24.1 Å². The molecule has 128 valence electrons. The molecule has 8 heteroatoms. The lowest BCUT2D eigenvalue weighted by molar-refractivity contribution is 0.0549. The standard InChI is InChI=1S/C16H20ClN5O2/c1-12(23)10-20-6-8-21(9-7-20)16(24)14-11-22(19-18-14)15-5-3-2-4-13(15)17/h2-5,11-12,23H,6-10H2,1H3/t12-/m1/s1. The van der Waals surface area contributed by atoms with E-state index in [4.69, 9.17) is 11.6 Å². The lowest BCUT2D eigenvalue weighted by atomic mass is 10.2. The zero-order valence-electron chi connectivity index (χ0n) is 13.5. The molecule has 0 spiro atoms. The van der Waals surface area contributed by atoms with Gasteiger partial charge in [-0.05, 0) is 19.1 Å². The number of β-amino-alcohol motifs (C(OH)–C–C–N with tert-alkyl or cyclic N) is 1. The van der Waals surface area contributed by atoms with E-state index in [0.717, 1.165) is 13.1 Å². The van der Waals surface area contributed by atoms with E-state index in [-0.39, 0.29) is 12.0 Å². The number of aromatic nitrogens is 3. The number of benzene rings is 1. The van der Waals surface area contributed by atoms with Crippen molar-refractivity contribution in [2.75, 3.05) is 32.7 Å². The Balaban J connectivity index is 1.66. The molecule has 1 saturated heterocycles. The molecule has 0 radical (unpaired) electrons. The second-order valence-corrected chi connectivity index (χ2v) is 6.35. The highest BCUT2D eigenvalue weighted by Crippen LogP contribution is 2.19. The molecule has 1 aromatic heterocycles. The van der Waals surface area contributed by atoms with Crippen LogP contribution in [0.1, 0.15) is 17.4 Å². The normalized spacial score (nSPS) is 17.0. The van der Waals surface area contributed by atoms with Crippen LogP contribution in [-0.2, 0) is 0 Å². The molecule has 0 saturated carbocycles. The predicted octanol–water partition coefficient (Wildman–Crippen LogP) is 1.06. The molecule has 0 unspecified atom stereocenters. The molecule has 1 atom stereocenters. The number of halogens is 1. The number of nitrogens with zero attached hydrogens (tertiary/aromatic N) is 5. The fraction of sp³-hybridized carbons (Fsp3) is 0.438. The molecular weight excluding hydrogens is 330 g/mol. The summed E-state index contributed by atoms with van der Waals surface area (Å²) in [7, 11) is 0.